The highest BCUT2D eigenvalue weighted by Gasteiger charge is 2.42. The summed E-state index contributed by atoms with van der Waals surface area (Å²) < 4.78 is 0. The van der Waals surface area contributed by atoms with E-state index in [0.29, 0.717) is 18.0 Å². The molecule has 3 fully saturated rings. The summed E-state index contributed by atoms with van der Waals surface area (Å²) in [6.07, 6.45) is 5.17. The first-order valence-corrected chi connectivity index (χ1v) is 12.2. The summed E-state index contributed by atoms with van der Waals surface area (Å²) in [4.78, 5) is 14.3. The third-order valence-electron chi connectivity index (χ3n) is 6.85. The zero-order valence-corrected chi connectivity index (χ0v) is 20.0. The Morgan fingerprint density at radius 1 is 1.10 bits per heavy atom. The number of phenolic OH excluding ortho intramolecular Hbond substituents is 1. The lowest BCUT2D eigenvalue weighted by Gasteiger charge is -2.35. The minimum atomic E-state index is -0.125. The lowest BCUT2D eigenvalue weighted by Crippen LogP contribution is -2.39. The summed E-state index contributed by atoms with van der Waals surface area (Å²) in [5.41, 5.74) is 1.61. The summed E-state index contributed by atoms with van der Waals surface area (Å²) >= 11 is 1.76. The van der Waals surface area contributed by atoms with E-state index in [2.05, 4.69) is 59.0 Å². The standard InChI is InChI=1S/C25H39NO2S/c1-23(2,3)19-13-18(14-20(22(19)28)24(4,5)6)29-12-9-21(27)25-10-7-17(8-11-25)15-26-16-25/h13-14,17,26,28H,7-12,15-16H2,1-6H3. The van der Waals surface area contributed by atoms with Gasteiger partial charge in [0.05, 0.1) is 0 Å². The fourth-order valence-electron chi connectivity index (χ4n) is 4.87. The van der Waals surface area contributed by atoms with E-state index < -0.39 is 0 Å². The molecule has 0 atom stereocenters. The smallest absolute Gasteiger partial charge is 0.141 e. The van der Waals surface area contributed by atoms with Crippen LogP contribution in [0.15, 0.2) is 17.0 Å². The summed E-state index contributed by atoms with van der Waals surface area (Å²) in [5, 5.41) is 14.4. The van der Waals surface area contributed by atoms with Gasteiger partial charge in [-0.1, -0.05) is 41.5 Å². The molecular formula is C25H39NO2S. The molecule has 2 aliphatic heterocycles. The Labute approximate surface area is 181 Å². The van der Waals surface area contributed by atoms with Gasteiger partial charge in [-0.3, -0.25) is 4.79 Å². The third kappa shape index (κ3) is 5.02. The Morgan fingerprint density at radius 2 is 1.66 bits per heavy atom. The molecule has 3 aliphatic rings. The van der Waals surface area contributed by atoms with Gasteiger partial charge in [0.15, 0.2) is 0 Å². The summed E-state index contributed by atoms with van der Waals surface area (Å²) in [6.45, 7) is 14.8. The molecule has 1 aromatic carbocycles. The minimum Gasteiger partial charge on any atom is -0.507 e. The van der Waals surface area contributed by atoms with Crippen molar-refractivity contribution in [2.24, 2.45) is 11.3 Å². The molecule has 162 valence electrons. The number of ketones is 1. The van der Waals surface area contributed by atoms with Crippen LogP contribution >= 0.6 is 11.8 Å². The molecule has 1 aromatic rings. The zero-order valence-electron chi connectivity index (χ0n) is 19.2. The van der Waals surface area contributed by atoms with E-state index in [1.807, 2.05) is 0 Å². The fourth-order valence-corrected chi connectivity index (χ4v) is 5.79. The summed E-state index contributed by atoms with van der Waals surface area (Å²) in [6, 6.07) is 4.24. The normalized spacial score (nSPS) is 25.1. The van der Waals surface area contributed by atoms with Gasteiger partial charge in [-0.25, -0.2) is 0 Å². The second kappa shape index (κ2) is 8.26. The average molecular weight is 418 g/mol. The molecule has 2 heterocycles. The van der Waals surface area contributed by atoms with Crippen LogP contribution in [0.3, 0.4) is 0 Å². The molecule has 0 radical (unpaired) electrons. The van der Waals surface area contributed by atoms with Crippen LogP contribution in [0, 0.1) is 11.3 Å². The van der Waals surface area contributed by atoms with E-state index >= 15 is 0 Å². The third-order valence-corrected chi connectivity index (χ3v) is 7.82. The lowest BCUT2D eigenvalue weighted by molar-refractivity contribution is -0.129. The molecule has 2 N–H and O–H groups in total. The second-order valence-corrected chi connectivity index (χ2v) is 12.4. The first kappa shape index (κ1) is 22.7. The van der Waals surface area contributed by atoms with Crippen molar-refractivity contribution in [2.75, 3.05) is 18.8 Å². The predicted octanol–water partition coefficient (Wildman–Crippen LogP) is 5.82. The van der Waals surface area contributed by atoms with Gasteiger partial charge in [0.25, 0.3) is 0 Å². The molecule has 1 saturated carbocycles. The van der Waals surface area contributed by atoms with Crippen LogP contribution in [0.25, 0.3) is 0 Å². The van der Waals surface area contributed by atoms with E-state index in [-0.39, 0.29) is 16.2 Å². The van der Waals surface area contributed by atoms with Crippen molar-refractivity contribution >= 4 is 17.5 Å². The molecule has 29 heavy (non-hydrogen) atoms. The number of thioether (sulfide) groups is 1. The Morgan fingerprint density at radius 3 is 2.17 bits per heavy atom. The van der Waals surface area contributed by atoms with Crippen LogP contribution in [0.2, 0.25) is 0 Å². The van der Waals surface area contributed by atoms with Crippen molar-refractivity contribution < 1.29 is 9.90 Å². The van der Waals surface area contributed by atoms with Gasteiger partial charge in [-0.05, 0) is 61.1 Å². The molecule has 0 aromatic heterocycles. The van der Waals surface area contributed by atoms with Gasteiger partial charge >= 0.3 is 0 Å². The minimum absolute atomic E-state index is 0.115. The van der Waals surface area contributed by atoms with Crippen LogP contribution in [-0.4, -0.2) is 29.7 Å². The van der Waals surface area contributed by atoms with Gasteiger partial charge in [0.2, 0.25) is 0 Å². The number of Topliss-reactive ketones (excluding diaryl/α,β-unsaturated/α-hetero) is 1. The van der Waals surface area contributed by atoms with E-state index in [1.54, 1.807) is 11.8 Å². The molecule has 2 saturated heterocycles. The zero-order chi connectivity index (χ0) is 21.4. The number of hydrogen-bond acceptors (Lipinski definition) is 4. The molecule has 4 heteroatoms. The molecule has 1 aliphatic carbocycles. The Bertz CT molecular complexity index is 709. The van der Waals surface area contributed by atoms with Crippen molar-refractivity contribution in [1.29, 1.82) is 0 Å². The van der Waals surface area contributed by atoms with E-state index in [9.17, 15) is 9.90 Å². The molecule has 0 amide bonds. The first-order chi connectivity index (χ1) is 13.4. The van der Waals surface area contributed by atoms with Gasteiger partial charge < -0.3 is 10.4 Å². The number of nitrogens with one attached hydrogen (secondary N) is 1. The first-order valence-electron chi connectivity index (χ1n) is 11.2. The molecule has 4 rings (SSSR count). The van der Waals surface area contributed by atoms with Gasteiger partial charge in [-0.15, -0.1) is 11.8 Å². The molecule has 0 spiro atoms. The number of hydrogen-bond donors (Lipinski definition) is 2. The Hall–Kier alpha value is -1.00. The Balaban J connectivity index is 1.72. The van der Waals surface area contributed by atoms with Crippen molar-refractivity contribution in [3.8, 4) is 5.75 Å². The maximum absolute atomic E-state index is 13.1. The number of carbonyl (C=O) groups excluding carboxylic acids is 1. The van der Waals surface area contributed by atoms with Crippen molar-refractivity contribution in [3.05, 3.63) is 23.3 Å². The highest BCUT2D eigenvalue weighted by molar-refractivity contribution is 7.99. The molecule has 2 bridgehead atoms. The molecular weight excluding hydrogens is 378 g/mol. The SMILES string of the molecule is CC(C)(C)c1cc(SCCC(=O)C23CCC(CC2)CNC3)cc(C(C)(C)C)c1O. The van der Waals surface area contributed by atoms with Gasteiger partial charge in [-0.2, -0.15) is 0 Å². The van der Waals surface area contributed by atoms with Crippen LogP contribution in [0.1, 0.15) is 84.8 Å². The number of carbonyl (C=O) groups is 1. The fraction of sp³-hybridized carbons (Fsp3) is 0.720. The molecule has 3 nitrogen and oxygen atoms in total. The van der Waals surface area contributed by atoms with Crippen LogP contribution in [-0.2, 0) is 15.6 Å². The van der Waals surface area contributed by atoms with Crippen molar-refractivity contribution in [3.63, 3.8) is 0 Å². The van der Waals surface area contributed by atoms with Crippen molar-refractivity contribution in [1.82, 2.24) is 5.32 Å². The van der Waals surface area contributed by atoms with Crippen LogP contribution < -0.4 is 5.32 Å². The van der Waals surface area contributed by atoms with Gasteiger partial charge in [0, 0.05) is 40.2 Å². The van der Waals surface area contributed by atoms with Crippen LogP contribution in [0.4, 0.5) is 0 Å². The summed E-state index contributed by atoms with van der Waals surface area (Å²) in [5.74, 6) is 2.45. The van der Waals surface area contributed by atoms with Crippen molar-refractivity contribution in [2.45, 2.75) is 89.4 Å². The maximum Gasteiger partial charge on any atom is 0.141 e. The highest BCUT2D eigenvalue weighted by atomic mass is 32.2. The monoisotopic (exact) mass is 417 g/mol. The highest BCUT2D eigenvalue weighted by Crippen LogP contribution is 2.44. The Kier molecular flexibility index (Phi) is 6.46. The summed E-state index contributed by atoms with van der Waals surface area (Å²) in [7, 11) is 0. The molecule has 0 unspecified atom stereocenters. The second-order valence-electron chi connectivity index (χ2n) is 11.2. The lowest BCUT2D eigenvalue weighted by atomic mass is 9.69. The van der Waals surface area contributed by atoms with Crippen LogP contribution in [0.5, 0.6) is 5.75 Å². The number of aromatic hydroxyl groups is 1. The van der Waals surface area contributed by atoms with E-state index in [0.717, 1.165) is 53.6 Å². The number of rotatable bonds is 5. The quantitative estimate of drug-likeness (QED) is 0.593. The number of fused-ring (bicyclic) bond motifs is 4. The van der Waals surface area contributed by atoms with E-state index in [1.165, 1.54) is 12.8 Å². The maximum atomic E-state index is 13.1. The topological polar surface area (TPSA) is 49.3 Å². The number of phenols is 1. The number of benzene rings is 1. The average Bonchev–Trinajstić information content (AvgIpc) is 2.96. The predicted molar refractivity (Wildman–Crippen MR) is 123 cm³/mol. The van der Waals surface area contributed by atoms with E-state index in [4.69, 9.17) is 0 Å². The largest absolute Gasteiger partial charge is 0.507 e. The van der Waals surface area contributed by atoms with Gasteiger partial charge in [0.1, 0.15) is 11.5 Å².